The van der Waals surface area contributed by atoms with Crippen molar-refractivity contribution in [1.82, 2.24) is 0 Å². The van der Waals surface area contributed by atoms with Crippen LogP contribution in [0.2, 0.25) is 0 Å². The molecule has 0 saturated carbocycles. The van der Waals surface area contributed by atoms with Crippen LogP contribution in [0.1, 0.15) is 5.56 Å². The topological polar surface area (TPSA) is 37.3 Å². The molecule has 0 aliphatic heterocycles. The number of benzene rings is 1. The van der Waals surface area contributed by atoms with Crippen molar-refractivity contribution in [2.75, 3.05) is 0 Å². The lowest BCUT2D eigenvalue weighted by Gasteiger charge is -2.17. The molecule has 1 N–H and O–H groups in total. The molecule has 2 nitrogen and oxygen atoms in total. The molecule has 0 saturated heterocycles. The minimum atomic E-state index is -1.40. The van der Waals surface area contributed by atoms with E-state index in [1.54, 1.807) is 0 Å². The van der Waals surface area contributed by atoms with E-state index in [-0.39, 0.29) is 6.42 Å². The third kappa shape index (κ3) is 2.36. The molecule has 0 spiro atoms. The smallest absolute Gasteiger partial charge is 0.329 e. The maximum Gasteiger partial charge on any atom is 0.329 e. The van der Waals surface area contributed by atoms with Gasteiger partial charge in [-0.25, -0.2) is 4.79 Å². The Morgan fingerprint density at radius 2 is 2.07 bits per heavy atom. The van der Waals surface area contributed by atoms with Crippen molar-refractivity contribution < 1.29 is 9.90 Å². The zero-order valence-electron chi connectivity index (χ0n) is 7.61. The summed E-state index contributed by atoms with van der Waals surface area (Å²) in [6.07, 6.45) is 1.50. The maximum atomic E-state index is 10.9. The lowest BCUT2D eigenvalue weighted by molar-refractivity contribution is -0.138. The predicted molar refractivity (Wildman–Crippen MR) is 56.6 cm³/mol. The number of carbonyl (C=O) groups is 1. The number of hydrogen-bond acceptors (Lipinski definition) is 1. The molecule has 1 rings (SSSR count). The Labute approximate surface area is 87.8 Å². The first-order valence-corrected chi connectivity index (χ1v) is 4.56. The molecule has 0 radical (unpaired) electrons. The van der Waals surface area contributed by atoms with Gasteiger partial charge in [-0.05, 0) is 5.56 Å². The van der Waals surface area contributed by atoms with E-state index in [0.29, 0.717) is 0 Å². The second kappa shape index (κ2) is 4.29. The summed E-state index contributed by atoms with van der Waals surface area (Å²) < 4.78 is 0. The van der Waals surface area contributed by atoms with Crippen molar-refractivity contribution in [3.63, 3.8) is 0 Å². The normalized spacial score (nSPS) is 14.4. The third-order valence-electron chi connectivity index (χ3n) is 1.98. The van der Waals surface area contributed by atoms with E-state index < -0.39 is 10.8 Å². The maximum absolute atomic E-state index is 10.9. The van der Waals surface area contributed by atoms with Gasteiger partial charge in [0.1, 0.15) is 0 Å². The number of hydrogen-bond donors (Lipinski definition) is 1. The zero-order valence-corrected chi connectivity index (χ0v) is 8.37. The van der Waals surface area contributed by atoms with Gasteiger partial charge in [0.2, 0.25) is 0 Å². The van der Waals surface area contributed by atoms with E-state index in [1.165, 1.54) is 6.08 Å². The first-order chi connectivity index (χ1) is 6.58. The number of aliphatic carboxylic acids is 1. The van der Waals surface area contributed by atoms with Gasteiger partial charge >= 0.3 is 5.97 Å². The van der Waals surface area contributed by atoms with Gasteiger partial charge in [-0.1, -0.05) is 36.4 Å². The third-order valence-corrected chi connectivity index (χ3v) is 2.43. The zero-order chi connectivity index (χ0) is 10.6. The average molecular weight is 211 g/mol. The van der Waals surface area contributed by atoms with Crippen molar-refractivity contribution in [2.45, 2.75) is 11.3 Å². The molecule has 0 heterocycles. The van der Waals surface area contributed by atoms with Crippen LogP contribution < -0.4 is 0 Å². The summed E-state index contributed by atoms with van der Waals surface area (Å²) in [5, 5.41) is 8.89. The molecule has 3 heteroatoms. The summed E-state index contributed by atoms with van der Waals surface area (Å²) in [5.41, 5.74) is 0.879. The summed E-state index contributed by atoms with van der Waals surface area (Å²) in [4.78, 5) is 9.45. The Morgan fingerprint density at radius 3 is 2.50 bits per heavy atom. The average Bonchev–Trinajstić information content (AvgIpc) is 2.19. The Hall–Kier alpha value is -1.28. The molecule has 14 heavy (non-hydrogen) atoms. The van der Waals surface area contributed by atoms with Crippen LogP contribution >= 0.6 is 11.6 Å². The second-order valence-electron chi connectivity index (χ2n) is 3.03. The van der Waals surface area contributed by atoms with Gasteiger partial charge in [0.15, 0.2) is 4.87 Å². The van der Waals surface area contributed by atoms with Gasteiger partial charge in [-0.15, -0.1) is 18.2 Å². The molecule has 0 fully saturated rings. The van der Waals surface area contributed by atoms with E-state index in [1.807, 2.05) is 30.3 Å². The summed E-state index contributed by atoms with van der Waals surface area (Å²) in [7, 11) is 0. The molecule has 74 valence electrons. The molecule has 0 bridgehead atoms. The van der Waals surface area contributed by atoms with Gasteiger partial charge in [-0.2, -0.15) is 0 Å². The number of alkyl halides is 1. The lowest BCUT2D eigenvalue weighted by Crippen LogP contribution is -2.32. The minimum absolute atomic E-state index is 0.244. The summed E-state index contributed by atoms with van der Waals surface area (Å²) in [5.74, 6) is -1.07. The number of carboxylic acid groups (broad SMARTS) is 1. The highest BCUT2D eigenvalue weighted by atomic mass is 35.5. The molecule has 1 aromatic rings. The predicted octanol–water partition coefficient (Wildman–Crippen LogP) is 2.48. The second-order valence-corrected chi connectivity index (χ2v) is 3.71. The van der Waals surface area contributed by atoms with Gasteiger partial charge < -0.3 is 5.11 Å². The van der Waals surface area contributed by atoms with Gasteiger partial charge in [-0.3, -0.25) is 0 Å². The van der Waals surface area contributed by atoms with Crippen LogP contribution in [-0.4, -0.2) is 16.0 Å². The fourth-order valence-electron chi connectivity index (χ4n) is 1.13. The lowest BCUT2D eigenvalue weighted by atomic mass is 9.99. The van der Waals surface area contributed by atoms with Crippen molar-refractivity contribution in [1.29, 1.82) is 0 Å². The largest absolute Gasteiger partial charge is 0.480 e. The van der Waals surface area contributed by atoms with Crippen molar-refractivity contribution in [2.24, 2.45) is 0 Å². The Kier molecular flexibility index (Phi) is 3.31. The van der Waals surface area contributed by atoms with Gasteiger partial charge in [0, 0.05) is 6.42 Å². The van der Waals surface area contributed by atoms with Crippen LogP contribution in [0.4, 0.5) is 0 Å². The number of halogens is 1. The van der Waals surface area contributed by atoms with E-state index in [9.17, 15) is 4.79 Å². The summed E-state index contributed by atoms with van der Waals surface area (Å²) >= 11 is 5.88. The van der Waals surface area contributed by atoms with Crippen LogP contribution in [-0.2, 0) is 11.2 Å². The monoisotopic (exact) mass is 210 g/mol. The van der Waals surface area contributed by atoms with Crippen LogP contribution in [0.5, 0.6) is 0 Å². The highest BCUT2D eigenvalue weighted by Gasteiger charge is 2.32. The molecule has 0 aliphatic rings. The molecule has 0 aliphatic carbocycles. The summed E-state index contributed by atoms with van der Waals surface area (Å²) in [6.45, 7) is 3.44. The van der Waals surface area contributed by atoms with E-state index in [2.05, 4.69) is 6.58 Å². The SMILES string of the molecule is C=CC(Cl)(Cc1ccccc1)C(=O)O. The van der Waals surface area contributed by atoms with E-state index in [0.717, 1.165) is 5.56 Å². The van der Waals surface area contributed by atoms with Crippen LogP contribution in [0.3, 0.4) is 0 Å². The molecule has 1 unspecified atom stereocenters. The first kappa shape index (κ1) is 10.8. The van der Waals surface area contributed by atoms with Crippen molar-refractivity contribution in [3.8, 4) is 0 Å². The van der Waals surface area contributed by atoms with E-state index >= 15 is 0 Å². The molecule has 0 amide bonds. The quantitative estimate of drug-likeness (QED) is 0.613. The van der Waals surface area contributed by atoms with Crippen molar-refractivity contribution in [3.05, 3.63) is 48.6 Å². The molecule has 1 atom stereocenters. The van der Waals surface area contributed by atoms with Crippen LogP contribution in [0.15, 0.2) is 43.0 Å². The first-order valence-electron chi connectivity index (χ1n) is 4.18. The van der Waals surface area contributed by atoms with Gasteiger partial charge in [0.25, 0.3) is 0 Å². The Morgan fingerprint density at radius 1 is 1.50 bits per heavy atom. The minimum Gasteiger partial charge on any atom is -0.480 e. The number of carboxylic acids is 1. The molecular formula is C11H11ClO2. The number of rotatable bonds is 4. The van der Waals surface area contributed by atoms with Gasteiger partial charge in [0.05, 0.1) is 0 Å². The van der Waals surface area contributed by atoms with Crippen LogP contribution in [0.25, 0.3) is 0 Å². The fraction of sp³-hybridized carbons (Fsp3) is 0.182. The molecule has 0 aromatic heterocycles. The standard InChI is InChI=1S/C11H11ClO2/c1-2-11(12,10(13)14)8-9-6-4-3-5-7-9/h2-7H,1,8H2,(H,13,14). The Bertz CT molecular complexity index is 334. The molecule has 1 aromatic carbocycles. The summed E-state index contributed by atoms with van der Waals surface area (Å²) in [6, 6.07) is 9.23. The van der Waals surface area contributed by atoms with Crippen molar-refractivity contribution >= 4 is 17.6 Å². The highest BCUT2D eigenvalue weighted by molar-refractivity contribution is 6.35. The molecular weight excluding hydrogens is 200 g/mol. The van der Waals surface area contributed by atoms with E-state index in [4.69, 9.17) is 16.7 Å². The Balaban J connectivity index is 2.86. The van der Waals surface area contributed by atoms with Crippen LogP contribution in [0, 0.1) is 0 Å². The fourth-order valence-corrected chi connectivity index (χ4v) is 1.28. The highest BCUT2D eigenvalue weighted by Crippen LogP contribution is 2.22.